The molecule has 1 aliphatic rings. The second-order valence-electron chi connectivity index (χ2n) is 6.23. The van der Waals surface area contributed by atoms with Gasteiger partial charge in [-0.25, -0.2) is 0 Å². The van der Waals surface area contributed by atoms with Gasteiger partial charge in [0.25, 0.3) is 0 Å². The molecule has 0 radical (unpaired) electrons. The fraction of sp³-hybridized carbons (Fsp3) is 0.647. The second-order valence-corrected chi connectivity index (χ2v) is 6.23. The van der Waals surface area contributed by atoms with Crippen molar-refractivity contribution >= 4 is 0 Å². The topological polar surface area (TPSA) is 65.1 Å². The molecular weight excluding hydrogens is 292 g/mol. The summed E-state index contributed by atoms with van der Waals surface area (Å²) in [5.74, 6) is 1.44. The minimum absolute atomic E-state index is 0.168. The first kappa shape index (κ1) is 16.2. The van der Waals surface area contributed by atoms with Crippen LogP contribution in [0.3, 0.4) is 0 Å². The van der Waals surface area contributed by atoms with Gasteiger partial charge in [-0.05, 0) is 40.2 Å². The Bertz CT molecular complexity index is 615. The molecule has 1 aliphatic heterocycles. The Labute approximate surface area is 137 Å². The molecule has 2 aromatic rings. The van der Waals surface area contributed by atoms with Crippen molar-refractivity contribution in [2.24, 2.45) is 5.92 Å². The lowest BCUT2D eigenvalue weighted by Gasteiger charge is -2.17. The summed E-state index contributed by atoms with van der Waals surface area (Å²) in [5, 5.41) is 11.9. The Balaban J connectivity index is 1.49. The molecule has 0 aliphatic carbocycles. The van der Waals surface area contributed by atoms with Crippen molar-refractivity contribution in [3.8, 4) is 0 Å². The van der Waals surface area contributed by atoms with Gasteiger partial charge in [0.1, 0.15) is 5.76 Å². The molecule has 1 fully saturated rings. The van der Waals surface area contributed by atoms with Crippen molar-refractivity contribution in [1.82, 2.24) is 20.3 Å². The maximum atomic E-state index is 5.93. The van der Waals surface area contributed by atoms with Crippen LogP contribution in [0.5, 0.6) is 0 Å². The fourth-order valence-corrected chi connectivity index (χ4v) is 3.27. The molecule has 6 heteroatoms. The minimum Gasteiger partial charge on any atom is -0.373 e. The van der Waals surface area contributed by atoms with Crippen LogP contribution in [0.15, 0.2) is 16.9 Å². The molecular formula is C17H26N4O2. The fourth-order valence-electron chi connectivity index (χ4n) is 3.27. The van der Waals surface area contributed by atoms with Gasteiger partial charge in [-0.3, -0.25) is 4.68 Å². The van der Waals surface area contributed by atoms with Crippen molar-refractivity contribution in [1.29, 1.82) is 0 Å². The molecule has 0 bridgehead atoms. The van der Waals surface area contributed by atoms with Crippen molar-refractivity contribution in [2.75, 3.05) is 19.7 Å². The van der Waals surface area contributed by atoms with E-state index in [4.69, 9.17) is 9.26 Å². The standard InChI is InChI=1S/C17H26N4O2/c1-4-21-11-15(10-19-21)17-14(6-8-22-17)9-18-7-5-16-12(2)20-23-13(16)3/h10-11,14,17-18H,4-9H2,1-3H3/t14-,17+/m1/s1. The highest BCUT2D eigenvalue weighted by molar-refractivity contribution is 5.21. The number of aromatic nitrogens is 3. The molecule has 0 unspecified atom stereocenters. The van der Waals surface area contributed by atoms with E-state index < -0.39 is 0 Å². The van der Waals surface area contributed by atoms with Gasteiger partial charge >= 0.3 is 0 Å². The number of rotatable bonds is 7. The van der Waals surface area contributed by atoms with Crippen molar-refractivity contribution in [3.63, 3.8) is 0 Å². The van der Waals surface area contributed by atoms with E-state index in [9.17, 15) is 0 Å². The maximum absolute atomic E-state index is 5.93. The molecule has 1 N–H and O–H groups in total. The van der Waals surface area contributed by atoms with E-state index in [0.29, 0.717) is 5.92 Å². The number of hydrogen-bond donors (Lipinski definition) is 1. The summed E-state index contributed by atoms with van der Waals surface area (Å²) in [6.45, 7) is 9.69. The first-order valence-corrected chi connectivity index (χ1v) is 8.45. The smallest absolute Gasteiger partial charge is 0.137 e. The lowest BCUT2D eigenvalue weighted by Crippen LogP contribution is -2.26. The van der Waals surface area contributed by atoms with Gasteiger partial charge in [-0.2, -0.15) is 5.10 Å². The van der Waals surface area contributed by atoms with E-state index in [1.54, 1.807) is 0 Å². The van der Waals surface area contributed by atoms with E-state index >= 15 is 0 Å². The summed E-state index contributed by atoms with van der Waals surface area (Å²) in [6, 6.07) is 0. The van der Waals surface area contributed by atoms with Crippen LogP contribution in [-0.4, -0.2) is 34.6 Å². The second kappa shape index (κ2) is 7.27. The molecule has 126 valence electrons. The number of nitrogens with one attached hydrogen (secondary N) is 1. The summed E-state index contributed by atoms with van der Waals surface area (Å²) in [5.41, 5.74) is 3.42. The van der Waals surface area contributed by atoms with Crippen LogP contribution < -0.4 is 5.32 Å². The van der Waals surface area contributed by atoms with Crippen molar-refractivity contribution in [3.05, 3.63) is 35.0 Å². The van der Waals surface area contributed by atoms with Gasteiger partial charge in [0.2, 0.25) is 0 Å². The summed E-state index contributed by atoms with van der Waals surface area (Å²) in [7, 11) is 0. The molecule has 23 heavy (non-hydrogen) atoms. The van der Waals surface area contributed by atoms with Gasteiger partial charge in [-0.1, -0.05) is 5.16 Å². The third-order valence-corrected chi connectivity index (χ3v) is 4.66. The summed E-state index contributed by atoms with van der Waals surface area (Å²) >= 11 is 0. The first-order valence-electron chi connectivity index (χ1n) is 8.45. The molecule has 2 aromatic heterocycles. The van der Waals surface area contributed by atoms with Gasteiger partial charge in [0.15, 0.2) is 0 Å². The molecule has 0 spiro atoms. The van der Waals surface area contributed by atoms with Gasteiger partial charge in [-0.15, -0.1) is 0 Å². The number of nitrogens with zero attached hydrogens (tertiary/aromatic N) is 3. The minimum atomic E-state index is 0.168. The molecule has 0 amide bonds. The molecule has 6 nitrogen and oxygen atoms in total. The zero-order valence-corrected chi connectivity index (χ0v) is 14.2. The van der Waals surface area contributed by atoms with Crippen molar-refractivity contribution in [2.45, 2.75) is 46.3 Å². The Morgan fingerprint density at radius 3 is 2.96 bits per heavy atom. The van der Waals surface area contributed by atoms with Crippen LogP contribution in [-0.2, 0) is 17.7 Å². The van der Waals surface area contributed by atoms with Gasteiger partial charge in [0, 0.05) is 42.9 Å². The zero-order valence-electron chi connectivity index (χ0n) is 14.2. The van der Waals surface area contributed by atoms with E-state index in [1.165, 1.54) is 11.1 Å². The summed E-state index contributed by atoms with van der Waals surface area (Å²) in [6.07, 6.45) is 6.26. The van der Waals surface area contributed by atoms with E-state index in [-0.39, 0.29) is 6.10 Å². The van der Waals surface area contributed by atoms with Crippen LogP contribution in [0, 0.1) is 19.8 Å². The first-order chi connectivity index (χ1) is 11.2. The molecule has 1 saturated heterocycles. The van der Waals surface area contributed by atoms with Crippen LogP contribution in [0.2, 0.25) is 0 Å². The molecule has 3 heterocycles. The SMILES string of the molecule is CCn1cc([C@H]2OCC[C@@H]2CNCCc2c(C)noc2C)cn1. The molecule has 3 rings (SSSR count). The van der Waals surface area contributed by atoms with Crippen molar-refractivity contribution < 1.29 is 9.26 Å². The maximum Gasteiger partial charge on any atom is 0.137 e. The summed E-state index contributed by atoms with van der Waals surface area (Å²) in [4.78, 5) is 0. The average Bonchev–Trinajstić information content (AvgIpc) is 3.26. The lowest BCUT2D eigenvalue weighted by atomic mass is 9.97. The van der Waals surface area contributed by atoms with E-state index in [0.717, 1.165) is 50.5 Å². The number of ether oxygens (including phenoxy) is 1. The summed E-state index contributed by atoms with van der Waals surface area (Å²) < 4.78 is 13.1. The van der Waals surface area contributed by atoms with Crippen LogP contribution in [0.25, 0.3) is 0 Å². The Morgan fingerprint density at radius 1 is 1.39 bits per heavy atom. The highest BCUT2D eigenvalue weighted by atomic mass is 16.5. The highest BCUT2D eigenvalue weighted by Gasteiger charge is 2.30. The van der Waals surface area contributed by atoms with E-state index in [1.807, 2.05) is 24.7 Å². The lowest BCUT2D eigenvalue weighted by molar-refractivity contribution is 0.0905. The Morgan fingerprint density at radius 2 is 2.26 bits per heavy atom. The zero-order chi connectivity index (χ0) is 16.2. The largest absolute Gasteiger partial charge is 0.373 e. The average molecular weight is 318 g/mol. The molecule has 2 atom stereocenters. The van der Waals surface area contributed by atoms with E-state index in [2.05, 4.69) is 28.7 Å². The number of aryl methyl sites for hydroxylation is 3. The molecule has 0 saturated carbocycles. The third kappa shape index (κ3) is 3.64. The third-order valence-electron chi connectivity index (χ3n) is 4.66. The predicted octanol–water partition coefficient (Wildman–Crippen LogP) is 2.42. The monoisotopic (exact) mass is 318 g/mol. The normalized spacial score (nSPS) is 21.2. The van der Waals surface area contributed by atoms with Gasteiger partial charge < -0.3 is 14.6 Å². The Hall–Kier alpha value is -1.66. The predicted molar refractivity (Wildman–Crippen MR) is 87.3 cm³/mol. The highest BCUT2D eigenvalue weighted by Crippen LogP contribution is 2.33. The van der Waals surface area contributed by atoms with Gasteiger partial charge in [0.05, 0.1) is 18.0 Å². The van der Waals surface area contributed by atoms with Crippen LogP contribution in [0.1, 0.15) is 42.0 Å². The van der Waals surface area contributed by atoms with Crippen LogP contribution >= 0.6 is 0 Å². The quantitative estimate of drug-likeness (QED) is 0.794. The van der Waals surface area contributed by atoms with Crippen LogP contribution in [0.4, 0.5) is 0 Å². The number of hydrogen-bond acceptors (Lipinski definition) is 5. The Kier molecular flexibility index (Phi) is 5.13. The molecule has 0 aromatic carbocycles.